The summed E-state index contributed by atoms with van der Waals surface area (Å²) in [6, 6.07) is 0. The van der Waals surface area contributed by atoms with E-state index in [2.05, 4.69) is 11.7 Å². The first-order valence-electron chi connectivity index (χ1n) is 4.90. The van der Waals surface area contributed by atoms with Gasteiger partial charge in [-0.2, -0.15) is 0 Å². The number of hydrogen-bond donors (Lipinski definition) is 1. The summed E-state index contributed by atoms with van der Waals surface area (Å²) in [5.41, 5.74) is 0. The molecule has 0 aromatic carbocycles. The Hall–Kier alpha value is -0.570. The van der Waals surface area contributed by atoms with E-state index in [4.69, 9.17) is 0 Å². The van der Waals surface area contributed by atoms with Crippen molar-refractivity contribution in [2.24, 2.45) is 11.8 Å². The first-order valence-corrected chi connectivity index (χ1v) is 4.90. The van der Waals surface area contributed by atoms with E-state index in [1.807, 2.05) is 0 Å². The van der Waals surface area contributed by atoms with Crippen molar-refractivity contribution in [3.05, 3.63) is 0 Å². The Morgan fingerprint density at radius 1 is 1.54 bits per heavy atom. The first-order chi connectivity index (χ1) is 6.15. The standard InChI is InChI=1S/C10H18O3/c1-7-3-4-8(10(7)12)5-6-9(11)13-2/h7-8,10,12H,3-6H2,1-2H3/t7-,8+,10-/m1/s1. The van der Waals surface area contributed by atoms with Crippen LogP contribution in [0.1, 0.15) is 32.6 Å². The molecule has 0 aliphatic heterocycles. The Bertz CT molecular complexity index is 179. The Morgan fingerprint density at radius 3 is 2.69 bits per heavy atom. The van der Waals surface area contributed by atoms with Crippen LogP contribution in [0, 0.1) is 11.8 Å². The Morgan fingerprint density at radius 2 is 2.23 bits per heavy atom. The van der Waals surface area contributed by atoms with Crippen LogP contribution >= 0.6 is 0 Å². The molecule has 0 saturated heterocycles. The van der Waals surface area contributed by atoms with Gasteiger partial charge in [0, 0.05) is 6.42 Å². The molecular formula is C10H18O3. The van der Waals surface area contributed by atoms with Gasteiger partial charge in [0.2, 0.25) is 0 Å². The minimum atomic E-state index is -0.218. The van der Waals surface area contributed by atoms with Gasteiger partial charge in [-0.15, -0.1) is 0 Å². The van der Waals surface area contributed by atoms with E-state index in [1.165, 1.54) is 7.11 Å². The molecule has 13 heavy (non-hydrogen) atoms. The second kappa shape index (κ2) is 4.61. The fourth-order valence-electron chi connectivity index (χ4n) is 2.00. The minimum absolute atomic E-state index is 0.174. The third-order valence-corrected chi connectivity index (χ3v) is 3.01. The molecule has 3 atom stereocenters. The maximum absolute atomic E-state index is 10.9. The normalized spacial score (nSPS) is 33.3. The van der Waals surface area contributed by atoms with Crippen molar-refractivity contribution in [3.63, 3.8) is 0 Å². The van der Waals surface area contributed by atoms with Gasteiger partial charge >= 0.3 is 5.97 Å². The lowest BCUT2D eigenvalue weighted by Gasteiger charge is -2.15. The van der Waals surface area contributed by atoms with Gasteiger partial charge in [-0.3, -0.25) is 4.79 Å². The van der Waals surface area contributed by atoms with Crippen LogP contribution in [0.25, 0.3) is 0 Å². The number of aliphatic hydroxyl groups excluding tert-OH is 1. The summed E-state index contributed by atoms with van der Waals surface area (Å²) in [5.74, 6) is 0.517. The van der Waals surface area contributed by atoms with Crippen molar-refractivity contribution in [1.29, 1.82) is 0 Å². The van der Waals surface area contributed by atoms with E-state index in [9.17, 15) is 9.90 Å². The minimum Gasteiger partial charge on any atom is -0.469 e. The van der Waals surface area contributed by atoms with Crippen molar-refractivity contribution in [1.82, 2.24) is 0 Å². The highest BCUT2D eigenvalue weighted by atomic mass is 16.5. The zero-order valence-corrected chi connectivity index (χ0v) is 8.32. The molecule has 3 nitrogen and oxygen atoms in total. The highest BCUT2D eigenvalue weighted by Crippen LogP contribution is 2.33. The predicted molar refractivity (Wildman–Crippen MR) is 49.1 cm³/mol. The second-order valence-electron chi connectivity index (χ2n) is 3.92. The van der Waals surface area contributed by atoms with Gasteiger partial charge in [0.05, 0.1) is 13.2 Å². The van der Waals surface area contributed by atoms with Crippen molar-refractivity contribution in [3.8, 4) is 0 Å². The summed E-state index contributed by atoms with van der Waals surface area (Å²) in [6.07, 6.45) is 3.10. The van der Waals surface area contributed by atoms with E-state index in [-0.39, 0.29) is 12.1 Å². The quantitative estimate of drug-likeness (QED) is 0.677. The number of rotatable bonds is 3. The van der Waals surface area contributed by atoms with Crippen LogP contribution < -0.4 is 0 Å². The first kappa shape index (κ1) is 10.5. The van der Waals surface area contributed by atoms with Crippen LogP contribution in [0.15, 0.2) is 0 Å². The van der Waals surface area contributed by atoms with E-state index in [0.717, 1.165) is 19.3 Å². The van der Waals surface area contributed by atoms with Crippen molar-refractivity contribution < 1.29 is 14.6 Å². The SMILES string of the molecule is COC(=O)CC[C@@H]1CC[C@@H](C)[C@H]1O. The molecule has 1 aliphatic rings. The fraction of sp³-hybridized carbons (Fsp3) is 0.900. The largest absolute Gasteiger partial charge is 0.469 e. The predicted octanol–water partition coefficient (Wildman–Crippen LogP) is 1.35. The van der Waals surface area contributed by atoms with Crippen LogP contribution in [-0.4, -0.2) is 24.3 Å². The molecule has 0 aromatic heterocycles. The van der Waals surface area contributed by atoms with Crippen LogP contribution in [-0.2, 0) is 9.53 Å². The number of esters is 1. The molecule has 0 spiro atoms. The maximum Gasteiger partial charge on any atom is 0.305 e. The Kier molecular flexibility index (Phi) is 3.72. The summed E-state index contributed by atoms with van der Waals surface area (Å²) in [7, 11) is 1.40. The summed E-state index contributed by atoms with van der Waals surface area (Å²) >= 11 is 0. The van der Waals surface area contributed by atoms with E-state index >= 15 is 0 Å². The van der Waals surface area contributed by atoms with E-state index in [0.29, 0.717) is 18.3 Å². The molecule has 1 fully saturated rings. The molecular weight excluding hydrogens is 168 g/mol. The molecule has 1 saturated carbocycles. The van der Waals surface area contributed by atoms with Crippen LogP contribution in [0.5, 0.6) is 0 Å². The number of carbonyl (C=O) groups excluding carboxylic acids is 1. The lowest BCUT2D eigenvalue weighted by atomic mass is 9.97. The van der Waals surface area contributed by atoms with Crippen LogP contribution in [0.3, 0.4) is 0 Å². The van der Waals surface area contributed by atoms with Gasteiger partial charge in [0.15, 0.2) is 0 Å². The molecule has 0 heterocycles. The smallest absolute Gasteiger partial charge is 0.305 e. The molecule has 3 heteroatoms. The fourth-order valence-corrected chi connectivity index (χ4v) is 2.00. The van der Waals surface area contributed by atoms with Gasteiger partial charge in [-0.25, -0.2) is 0 Å². The van der Waals surface area contributed by atoms with Gasteiger partial charge < -0.3 is 9.84 Å². The van der Waals surface area contributed by atoms with Crippen LogP contribution in [0.4, 0.5) is 0 Å². The number of aliphatic hydroxyl groups is 1. The Balaban J connectivity index is 2.26. The molecule has 1 rings (SSSR count). The van der Waals surface area contributed by atoms with Gasteiger partial charge in [0.1, 0.15) is 0 Å². The second-order valence-corrected chi connectivity index (χ2v) is 3.92. The molecule has 76 valence electrons. The molecule has 0 amide bonds. The summed E-state index contributed by atoms with van der Waals surface area (Å²) in [4.78, 5) is 10.9. The third-order valence-electron chi connectivity index (χ3n) is 3.01. The zero-order chi connectivity index (χ0) is 9.84. The lowest BCUT2D eigenvalue weighted by molar-refractivity contribution is -0.141. The molecule has 1 aliphatic carbocycles. The maximum atomic E-state index is 10.9. The summed E-state index contributed by atoms with van der Waals surface area (Å²) < 4.78 is 4.55. The number of carbonyl (C=O) groups is 1. The van der Waals surface area contributed by atoms with Crippen molar-refractivity contribution in [2.75, 3.05) is 7.11 Å². The van der Waals surface area contributed by atoms with Crippen LogP contribution in [0.2, 0.25) is 0 Å². The summed E-state index contributed by atoms with van der Waals surface area (Å²) in [6.45, 7) is 2.06. The molecule has 0 bridgehead atoms. The summed E-state index contributed by atoms with van der Waals surface area (Å²) in [5, 5.41) is 9.69. The van der Waals surface area contributed by atoms with E-state index in [1.54, 1.807) is 0 Å². The number of ether oxygens (including phenoxy) is 1. The lowest BCUT2D eigenvalue weighted by Crippen LogP contribution is -2.19. The molecule has 0 unspecified atom stereocenters. The number of hydrogen-bond acceptors (Lipinski definition) is 3. The highest BCUT2D eigenvalue weighted by molar-refractivity contribution is 5.69. The molecule has 0 aromatic rings. The highest BCUT2D eigenvalue weighted by Gasteiger charge is 2.31. The van der Waals surface area contributed by atoms with Crippen molar-refractivity contribution >= 4 is 5.97 Å². The average Bonchev–Trinajstić information content (AvgIpc) is 2.44. The monoisotopic (exact) mass is 186 g/mol. The van der Waals surface area contributed by atoms with Gasteiger partial charge in [-0.1, -0.05) is 6.92 Å². The van der Waals surface area contributed by atoms with E-state index < -0.39 is 0 Å². The van der Waals surface area contributed by atoms with Gasteiger partial charge in [0.25, 0.3) is 0 Å². The molecule has 1 N–H and O–H groups in total. The molecule has 0 radical (unpaired) electrons. The third kappa shape index (κ3) is 2.69. The van der Waals surface area contributed by atoms with Crippen molar-refractivity contribution in [2.45, 2.75) is 38.7 Å². The topological polar surface area (TPSA) is 46.5 Å². The Labute approximate surface area is 79.1 Å². The van der Waals surface area contributed by atoms with Gasteiger partial charge in [-0.05, 0) is 31.1 Å². The average molecular weight is 186 g/mol. The zero-order valence-electron chi connectivity index (χ0n) is 8.32. The number of methoxy groups -OCH3 is 1.